The van der Waals surface area contributed by atoms with E-state index in [4.69, 9.17) is 4.74 Å². The summed E-state index contributed by atoms with van der Waals surface area (Å²) in [6.45, 7) is 6.08. The van der Waals surface area contributed by atoms with Gasteiger partial charge in [0, 0.05) is 32.0 Å². The van der Waals surface area contributed by atoms with E-state index in [1.165, 1.54) is 10.6 Å². The van der Waals surface area contributed by atoms with E-state index in [1.807, 2.05) is 24.3 Å². The molecule has 1 fully saturated rings. The number of nitrogens with zero attached hydrogens (tertiary/aromatic N) is 3. The van der Waals surface area contributed by atoms with Gasteiger partial charge in [0.2, 0.25) is 11.9 Å². The molecule has 1 amide bonds. The van der Waals surface area contributed by atoms with Crippen molar-refractivity contribution in [3.8, 4) is 0 Å². The molecule has 0 atom stereocenters. The van der Waals surface area contributed by atoms with Crippen molar-refractivity contribution in [1.29, 1.82) is 0 Å². The highest BCUT2D eigenvalue weighted by atomic mass is 16.5. The summed E-state index contributed by atoms with van der Waals surface area (Å²) in [7, 11) is 1.57. The van der Waals surface area contributed by atoms with Gasteiger partial charge in [0.05, 0.1) is 12.3 Å². The van der Waals surface area contributed by atoms with Gasteiger partial charge in [-0.1, -0.05) is 26.0 Å². The molecule has 0 radical (unpaired) electrons. The fraction of sp³-hybridized carbons (Fsp3) is 0.476. The second kappa shape index (κ2) is 9.01. The lowest BCUT2D eigenvalue weighted by molar-refractivity contribution is -0.116. The summed E-state index contributed by atoms with van der Waals surface area (Å²) in [4.78, 5) is 32.0. The van der Waals surface area contributed by atoms with Crippen LogP contribution < -0.4 is 15.8 Å². The van der Waals surface area contributed by atoms with Crippen molar-refractivity contribution in [2.75, 3.05) is 30.4 Å². The lowest BCUT2D eigenvalue weighted by Crippen LogP contribution is -2.35. The Morgan fingerprint density at radius 3 is 2.68 bits per heavy atom. The van der Waals surface area contributed by atoms with Gasteiger partial charge in [0.15, 0.2) is 0 Å². The van der Waals surface area contributed by atoms with Gasteiger partial charge >= 0.3 is 0 Å². The van der Waals surface area contributed by atoms with Crippen molar-refractivity contribution in [1.82, 2.24) is 9.55 Å². The summed E-state index contributed by atoms with van der Waals surface area (Å²) in [5, 5.41) is 2.90. The quantitative estimate of drug-likeness (QED) is 0.794. The van der Waals surface area contributed by atoms with Crippen LogP contribution in [0.3, 0.4) is 0 Å². The zero-order valence-corrected chi connectivity index (χ0v) is 16.8. The second-order valence-electron chi connectivity index (χ2n) is 7.43. The third-order valence-electron chi connectivity index (χ3n) is 4.86. The lowest BCUT2D eigenvalue weighted by atomic mass is 10.0. The zero-order chi connectivity index (χ0) is 20.1. The van der Waals surface area contributed by atoms with Crippen LogP contribution in [0.15, 0.2) is 35.1 Å². The fourth-order valence-corrected chi connectivity index (χ4v) is 3.39. The molecule has 2 heterocycles. The Labute approximate surface area is 165 Å². The molecular weight excluding hydrogens is 356 g/mol. The maximum atomic E-state index is 12.7. The molecule has 28 heavy (non-hydrogen) atoms. The minimum Gasteiger partial charge on any atom is -0.378 e. The topological polar surface area (TPSA) is 76.5 Å². The molecule has 1 aromatic heterocycles. The van der Waals surface area contributed by atoms with E-state index >= 15 is 0 Å². The van der Waals surface area contributed by atoms with Gasteiger partial charge in [-0.3, -0.25) is 14.2 Å². The van der Waals surface area contributed by atoms with E-state index < -0.39 is 0 Å². The van der Waals surface area contributed by atoms with Gasteiger partial charge in [0.1, 0.15) is 6.54 Å². The summed E-state index contributed by atoms with van der Waals surface area (Å²) in [6.07, 6.45) is 2.11. The van der Waals surface area contributed by atoms with Gasteiger partial charge in [-0.05, 0) is 36.5 Å². The van der Waals surface area contributed by atoms with Crippen LogP contribution in [0.4, 0.5) is 11.6 Å². The molecule has 1 aromatic carbocycles. The molecule has 3 rings (SSSR count). The molecule has 1 saturated heterocycles. The molecule has 0 aliphatic carbocycles. The van der Waals surface area contributed by atoms with Crippen LogP contribution in [0.1, 0.15) is 43.9 Å². The van der Waals surface area contributed by atoms with E-state index in [-0.39, 0.29) is 24.6 Å². The molecule has 7 heteroatoms. The van der Waals surface area contributed by atoms with Crippen molar-refractivity contribution in [3.05, 3.63) is 51.9 Å². The molecule has 0 saturated carbocycles. The monoisotopic (exact) mass is 384 g/mol. The fourth-order valence-electron chi connectivity index (χ4n) is 3.39. The van der Waals surface area contributed by atoms with Gasteiger partial charge in [-0.2, -0.15) is 0 Å². The number of anilines is 2. The number of methoxy groups -OCH3 is 1. The number of ether oxygens (including phenoxy) is 1. The van der Waals surface area contributed by atoms with Gasteiger partial charge in [-0.15, -0.1) is 0 Å². The Balaban J connectivity index is 1.83. The lowest BCUT2D eigenvalue weighted by Gasteiger charge is -2.21. The number of rotatable bonds is 7. The van der Waals surface area contributed by atoms with E-state index in [0.29, 0.717) is 17.6 Å². The van der Waals surface area contributed by atoms with Crippen molar-refractivity contribution in [3.63, 3.8) is 0 Å². The highest BCUT2D eigenvalue weighted by Gasteiger charge is 2.21. The normalized spacial score (nSPS) is 13.9. The summed E-state index contributed by atoms with van der Waals surface area (Å²) in [5.74, 6) is 0.673. The van der Waals surface area contributed by atoms with E-state index in [0.717, 1.165) is 37.2 Å². The molecule has 0 bridgehead atoms. The molecule has 2 aromatic rings. The van der Waals surface area contributed by atoms with Gasteiger partial charge < -0.3 is 15.0 Å². The maximum absolute atomic E-state index is 12.7. The largest absolute Gasteiger partial charge is 0.378 e. The Morgan fingerprint density at radius 2 is 2.00 bits per heavy atom. The minimum atomic E-state index is -0.246. The zero-order valence-electron chi connectivity index (χ0n) is 16.8. The predicted octanol–water partition coefficient (Wildman–Crippen LogP) is 2.75. The summed E-state index contributed by atoms with van der Waals surface area (Å²) in [6, 6.07) is 9.22. The first kappa shape index (κ1) is 20.1. The predicted molar refractivity (Wildman–Crippen MR) is 110 cm³/mol. The summed E-state index contributed by atoms with van der Waals surface area (Å²) in [5.41, 5.74) is 2.22. The van der Waals surface area contributed by atoms with E-state index in [2.05, 4.69) is 29.0 Å². The number of hydrogen-bond acceptors (Lipinski definition) is 5. The number of amides is 1. The molecule has 0 spiro atoms. The van der Waals surface area contributed by atoms with Crippen LogP contribution in [-0.2, 0) is 22.7 Å². The van der Waals surface area contributed by atoms with Crippen LogP contribution in [0.5, 0.6) is 0 Å². The van der Waals surface area contributed by atoms with Crippen LogP contribution in [-0.4, -0.2) is 35.7 Å². The maximum Gasteiger partial charge on any atom is 0.255 e. The Morgan fingerprint density at radius 1 is 1.25 bits per heavy atom. The van der Waals surface area contributed by atoms with Crippen LogP contribution in [0.2, 0.25) is 0 Å². The van der Waals surface area contributed by atoms with Crippen LogP contribution in [0, 0.1) is 0 Å². The van der Waals surface area contributed by atoms with Crippen molar-refractivity contribution in [2.45, 2.75) is 45.8 Å². The second-order valence-corrected chi connectivity index (χ2v) is 7.43. The van der Waals surface area contributed by atoms with E-state index in [9.17, 15) is 9.59 Å². The van der Waals surface area contributed by atoms with Crippen molar-refractivity contribution < 1.29 is 9.53 Å². The Kier molecular flexibility index (Phi) is 6.46. The first-order valence-corrected chi connectivity index (χ1v) is 9.72. The van der Waals surface area contributed by atoms with Crippen molar-refractivity contribution >= 4 is 17.5 Å². The molecule has 150 valence electrons. The standard InChI is InChI=1S/C21H28N4O3/c1-15(2)16-7-6-8-17(11-16)22-19(26)13-25-20(27)12-18(14-28-3)23-21(25)24-9-4-5-10-24/h6-8,11-12,15H,4-5,9-10,13-14H2,1-3H3,(H,22,26). The third-order valence-corrected chi connectivity index (χ3v) is 4.86. The summed E-state index contributed by atoms with van der Waals surface area (Å²) < 4.78 is 6.57. The van der Waals surface area contributed by atoms with Crippen LogP contribution >= 0.6 is 0 Å². The molecule has 1 aliphatic rings. The number of nitrogens with one attached hydrogen (secondary N) is 1. The molecule has 0 unspecified atom stereocenters. The first-order valence-electron chi connectivity index (χ1n) is 9.72. The molecular formula is C21H28N4O3. The van der Waals surface area contributed by atoms with Crippen molar-refractivity contribution in [2.24, 2.45) is 0 Å². The first-order chi connectivity index (χ1) is 13.5. The number of aromatic nitrogens is 2. The van der Waals surface area contributed by atoms with Crippen LogP contribution in [0.25, 0.3) is 0 Å². The summed E-state index contributed by atoms with van der Waals surface area (Å²) >= 11 is 0. The SMILES string of the molecule is COCc1cc(=O)n(CC(=O)Nc2cccc(C(C)C)c2)c(N2CCCC2)n1. The Bertz CT molecular complexity index is 885. The minimum absolute atomic E-state index is 0.0726. The average Bonchev–Trinajstić information content (AvgIpc) is 3.18. The third kappa shape index (κ3) is 4.78. The average molecular weight is 384 g/mol. The van der Waals surface area contributed by atoms with E-state index in [1.54, 1.807) is 7.11 Å². The highest BCUT2D eigenvalue weighted by Crippen LogP contribution is 2.20. The molecule has 7 nitrogen and oxygen atoms in total. The smallest absolute Gasteiger partial charge is 0.255 e. The van der Waals surface area contributed by atoms with Gasteiger partial charge in [-0.25, -0.2) is 4.98 Å². The Hall–Kier alpha value is -2.67. The number of carbonyl (C=O) groups excluding carboxylic acids is 1. The molecule has 1 N–H and O–H groups in total. The van der Waals surface area contributed by atoms with Gasteiger partial charge in [0.25, 0.3) is 5.56 Å². The molecule has 1 aliphatic heterocycles. The number of carbonyl (C=O) groups is 1. The highest BCUT2D eigenvalue weighted by molar-refractivity contribution is 5.90. The number of benzene rings is 1. The number of hydrogen-bond donors (Lipinski definition) is 1.